The molecule has 1 amide bonds. The molecule has 0 radical (unpaired) electrons. The Labute approximate surface area is 183 Å². The molecule has 1 fully saturated rings. The van der Waals surface area contributed by atoms with E-state index in [0.717, 1.165) is 23.5 Å². The summed E-state index contributed by atoms with van der Waals surface area (Å²) in [6, 6.07) is 13.0. The summed E-state index contributed by atoms with van der Waals surface area (Å²) in [5.74, 6) is -0.0664. The summed E-state index contributed by atoms with van der Waals surface area (Å²) >= 11 is 7.36. The maximum Gasteiger partial charge on any atom is 0.268 e. The summed E-state index contributed by atoms with van der Waals surface area (Å²) in [5, 5.41) is 22.6. The average Bonchev–Trinajstić information content (AvgIpc) is 3.43. The van der Waals surface area contributed by atoms with Crippen LogP contribution in [0.4, 0.5) is 5.13 Å². The number of rotatable bonds is 5. The van der Waals surface area contributed by atoms with E-state index in [1.807, 2.05) is 41.1 Å². The summed E-state index contributed by atoms with van der Waals surface area (Å²) in [7, 11) is 0. The number of nitrogens with one attached hydrogen (secondary N) is 1. The number of carbonyl (C=O) groups excluding carboxylic acids is 1. The molecule has 1 aromatic carbocycles. The summed E-state index contributed by atoms with van der Waals surface area (Å²) in [6.45, 7) is 0. The normalized spacial score (nSPS) is 15.0. The standard InChI is InChI=1S/C22H20ClN5OS/c23-17-8-10-18(11-9-17)28-12-4-7-19(28)13-16(14-24)20(29)25-22-27-26-21(30-22)15-5-2-1-3-6-15/h4,7-13,15H,1-3,5-6H2,(H,25,27,29)/b16-13-. The zero-order valence-electron chi connectivity index (χ0n) is 16.2. The van der Waals surface area contributed by atoms with Crippen molar-refractivity contribution in [3.8, 4) is 11.8 Å². The fraction of sp³-hybridized carbons (Fsp3) is 0.273. The third-order valence-electron chi connectivity index (χ3n) is 5.16. The molecule has 152 valence electrons. The molecule has 0 atom stereocenters. The second kappa shape index (κ2) is 9.24. The highest BCUT2D eigenvalue weighted by Crippen LogP contribution is 2.35. The largest absolute Gasteiger partial charge is 0.317 e. The number of halogens is 1. The number of nitrogens with zero attached hydrogens (tertiary/aromatic N) is 4. The lowest BCUT2D eigenvalue weighted by molar-refractivity contribution is -0.112. The van der Waals surface area contributed by atoms with Crippen molar-refractivity contribution < 1.29 is 4.79 Å². The van der Waals surface area contributed by atoms with E-state index in [2.05, 4.69) is 15.5 Å². The van der Waals surface area contributed by atoms with Gasteiger partial charge in [-0.3, -0.25) is 10.1 Å². The van der Waals surface area contributed by atoms with Crippen LogP contribution in [-0.2, 0) is 4.79 Å². The molecule has 1 aliphatic rings. The van der Waals surface area contributed by atoms with Crippen LogP contribution in [0.25, 0.3) is 11.8 Å². The van der Waals surface area contributed by atoms with E-state index in [1.54, 1.807) is 18.2 Å². The van der Waals surface area contributed by atoms with Crippen LogP contribution >= 0.6 is 22.9 Å². The van der Waals surface area contributed by atoms with Crippen LogP contribution in [0.5, 0.6) is 0 Å². The third-order valence-corrected chi connectivity index (χ3v) is 6.41. The van der Waals surface area contributed by atoms with Gasteiger partial charge in [0.1, 0.15) is 16.6 Å². The average molecular weight is 438 g/mol. The van der Waals surface area contributed by atoms with Gasteiger partial charge in [0.2, 0.25) is 5.13 Å². The summed E-state index contributed by atoms with van der Waals surface area (Å²) in [5.41, 5.74) is 1.59. The summed E-state index contributed by atoms with van der Waals surface area (Å²) in [4.78, 5) is 12.7. The number of amides is 1. The van der Waals surface area contributed by atoms with Crippen LogP contribution < -0.4 is 5.32 Å². The van der Waals surface area contributed by atoms with Crippen LogP contribution in [0.3, 0.4) is 0 Å². The summed E-state index contributed by atoms with van der Waals surface area (Å²) in [6.07, 6.45) is 9.35. The van der Waals surface area contributed by atoms with Gasteiger partial charge in [0.15, 0.2) is 0 Å². The molecule has 30 heavy (non-hydrogen) atoms. The molecule has 0 aliphatic heterocycles. The van der Waals surface area contributed by atoms with Crippen LogP contribution in [0.1, 0.15) is 48.7 Å². The highest BCUT2D eigenvalue weighted by molar-refractivity contribution is 7.15. The van der Waals surface area contributed by atoms with E-state index in [4.69, 9.17) is 11.6 Å². The molecule has 2 heterocycles. The molecule has 0 unspecified atom stereocenters. The van der Waals surface area contributed by atoms with Crippen molar-refractivity contribution in [2.24, 2.45) is 0 Å². The van der Waals surface area contributed by atoms with E-state index < -0.39 is 5.91 Å². The van der Waals surface area contributed by atoms with E-state index in [1.165, 1.54) is 30.6 Å². The Morgan fingerprint density at radius 3 is 2.70 bits per heavy atom. The number of benzene rings is 1. The van der Waals surface area contributed by atoms with Gasteiger partial charge in [-0.1, -0.05) is 42.2 Å². The molecule has 8 heteroatoms. The van der Waals surface area contributed by atoms with Crippen molar-refractivity contribution in [1.29, 1.82) is 5.26 Å². The number of carbonyl (C=O) groups is 1. The minimum Gasteiger partial charge on any atom is -0.317 e. The minimum absolute atomic E-state index is 0.00155. The smallest absolute Gasteiger partial charge is 0.268 e. The van der Waals surface area contributed by atoms with E-state index in [9.17, 15) is 10.1 Å². The third kappa shape index (κ3) is 4.61. The molecule has 1 aliphatic carbocycles. The Morgan fingerprint density at radius 1 is 1.20 bits per heavy atom. The number of aromatic nitrogens is 3. The van der Waals surface area contributed by atoms with Gasteiger partial charge in [-0.25, -0.2) is 0 Å². The molecule has 4 rings (SSSR count). The minimum atomic E-state index is -0.493. The summed E-state index contributed by atoms with van der Waals surface area (Å²) < 4.78 is 1.88. The zero-order chi connectivity index (χ0) is 20.9. The molecule has 3 aromatic rings. The van der Waals surface area contributed by atoms with Crippen LogP contribution in [-0.4, -0.2) is 20.7 Å². The second-order valence-electron chi connectivity index (χ2n) is 7.18. The molecule has 1 N–H and O–H groups in total. The van der Waals surface area contributed by atoms with Gasteiger partial charge in [-0.05, 0) is 55.3 Å². The van der Waals surface area contributed by atoms with E-state index in [-0.39, 0.29) is 5.57 Å². The van der Waals surface area contributed by atoms with Crippen molar-refractivity contribution in [3.63, 3.8) is 0 Å². The Morgan fingerprint density at radius 2 is 1.97 bits per heavy atom. The van der Waals surface area contributed by atoms with Crippen LogP contribution in [0, 0.1) is 11.3 Å². The van der Waals surface area contributed by atoms with Crippen molar-refractivity contribution in [3.05, 3.63) is 63.9 Å². The number of hydrogen-bond donors (Lipinski definition) is 1. The lowest BCUT2D eigenvalue weighted by Crippen LogP contribution is -2.13. The SMILES string of the molecule is N#C/C(=C/c1cccn1-c1ccc(Cl)cc1)C(=O)Nc1nnc(C2CCCCC2)s1. The van der Waals surface area contributed by atoms with Crippen molar-refractivity contribution in [2.75, 3.05) is 5.32 Å². The molecule has 0 spiro atoms. The molecule has 1 saturated carbocycles. The lowest BCUT2D eigenvalue weighted by atomic mass is 9.90. The Bertz CT molecular complexity index is 1100. The van der Waals surface area contributed by atoms with Gasteiger partial charge in [0, 0.05) is 28.5 Å². The Kier molecular flexibility index (Phi) is 6.26. The van der Waals surface area contributed by atoms with Crippen molar-refractivity contribution in [2.45, 2.75) is 38.0 Å². The van der Waals surface area contributed by atoms with E-state index >= 15 is 0 Å². The first-order valence-corrected chi connectivity index (χ1v) is 11.0. The number of anilines is 1. The first-order valence-electron chi connectivity index (χ1n) is 9.84. The zero-order valence-corrected chi connectivity index (χ0v) is 17.8. The highest BCUT2D eigenvalue weighted by atomic mass is 35.5. The maximum absolute atomic E-state index is 12.7. The van der Waals surface area contributed by atoms with Gasteiger partial charge >= 0.3 is 0 Å². The lowest BCUT2D eigenvalue weighted by Gasteiger charge is -2.18. The van der Waals surface area contributed by atoms with Gasteiger partial charge < -0.3 is 4.57 Å². The predicted molar refractivity (Wildman–Crippen MR) is 119 cm³/mol. The molecule has 0 saturated heterocycles. The molecular weight excluding hydrogens is 418 g/mol. The monoisotopic (exact) mass is 437 g/mol. The fourth-order valence-electron chi connectivity index (χ4n) is 3.61. The predicted octanol–water partition coefficient (Wildman–Crippen LogP) is 5.58. The Balaban J connectivity index is 1.51. The Hall–Kier alpha value is -2.95. The highest BCUT2D eigenvalue weighted by Gasteiger charge is 2.21. The van der Waals surface area contributed by atoms with E-state index in [0.29, 0.717) is 21.8 Å². The van der Waals surface area contributed by atoms with Gasteiger partial charge in [0.25, 0.3) is 5.91 Å². The van der Waals surface area contributed by atoms with Crippen LogP contribution in [0.2, 0.25) is 5.02 Å². The molecule has 2 aromatic heterocycles. The van der Waals surface area contributed by atoms with Crippen molar-refractivity contribution in [1.82, 2.24) is 14.8 Å². The molecule has 6 nitrogen and oxygen atoms in total. The first kappa shape index (κ1) is 20.3. The van der Waals surface area contributed by atoms with Gasteiger partial charge in [-0.2, -0.15) is 5.26 Å². The van der Waals surface area contributed by atoms with Crippen molar-refractivity contribution >= 4 is 40.1 Å². The second-order valence-corrected chi connectivity index (χ2v) is 8.63. The number of hydrogen-bond acceptors (Lipinski definition) is 5. The quantitative estimate of drug-likeness (QED) is 0.417. The topological polar surface area (TPSA) is 83.6 Å². The molecular formula is C22H20ClN5OS. The fourth-order valence-corrected chi connectivity index (χ4v) is 4.64. The maximum atomic E-state index is 12.7. The van der Waals surface area contributed by atoms with Crippen LogP contribution in [0.15, 0.2) is 48.2 Å². The van der Waals surface area contributed by atoms with Gasteiger partial charge in [0.05, 0.1) is 0 Å². The molecule has 0 bridgehead atoms. The number of nitriles is 1. The first-order chi connectivity index (χ1) is 14.6. The van der Waals surface area contributed by atoms with Gasteiger partial charge in [-0.15, -0.1) is 10.2 Å².